The SMILES string of the molecule is COc1cc([C@H]2C[C@H]3CC[C@@H]2C3)ccc1OC(=O)Nc1ccccc1. The first-order valence-electron chi connectivity index (χ1n) is 8.94. The van der Waals surface area contributed by atoms with Crippen molar-refractivity contribution in [1.29, 1.82) is 0 Å². The molecule has 25 heavy (non-hydrogen) atoms. The molecule has 1 N–H and O–H groups in total. The largest absolute Gasteiger partial charge is 0.493 e. The van der Waals surface area contributed by atoms with Gasteiger partial charge in [0, 0.05) is 5.69 Å². The molecule has 2 saturated carbocycles. The number of rotatable bonds is 4. The molecule has 0 aromatic heterocycles. The van der Waals surface area contributed by atoms with E-state index >= 15 is 0 Å². The Hall–Kier alpha value is -2.49. The molecule has 2 bridgehead atoms. The number of benzene rings is 2. The Morgan fingerprint density at radius 3 is 2.56 bits per heavy atom. The molecular weight excluding hydrogens is 314 g/mol. The highest BCUT2D eigenvalue weighted by atomic mass is 16.6. The fraction of sp³-hybridized carbons (Fsp3) is 0.381. The predicted octanol–water partition coefficient (Wildman–Crippen LogP) is 5.21. The van der Waals surface area contributed by atoms with Crippen molar-refractivity contribution >= 4 is 11.8 Å². The molecule has 1 amide bonds. The molecule has 4 heteroatoms. The molecule has 4 nitrogen and oxygen atoms in total. The molecule has 0 spiro atoms. The van der Waals surface area contributed by atoms with Crippen molar-refractivity contribution in [3.05, 3.63) is 54.1 Å². The van der Waals surface area contributed by atoms with E-state index in [1.54, 1.807) is 7.11 Å². The van der Waals surface area contributed by atoms with Gasteiger partial charge in [0.25, 0.3) is 0 Å². The van der Waals surface area contributed by atoms with Crippen LogP contribution in [0.25, 0.3) is 0 Å². The average Bonchev–Trinajstić information content (AvgIpc) is 3.26. The van der Waals surface area contributed by atoms with E-state index in [4.69, 9.17) is 9.47 Å². The van der Waals surface area contributed by atoms with E-state index in [-0.39, 0.29) is 0 Å². The fourth-order valence-electron chi connectivity index (χ4n) is 4.42. The number of fused-ring (bicyclic) bond motifs is 2. The highest BCUT2D eigenvalue weighted by Crippen LogP contribution is 2.53. The Labute approximate surface area is 148 Å². The zero-order valence-corrected chi connectivity index (χ0v) is 14.4. The Bertz CT molecular complexity index is 759. The summed E-state index contributed by atoms with van der Waals surface area (Å²) >= 11 is 0. The van der Waals surface area contributed by atoms with Gasteiger partial charge >= 0.3 is 6.09 Å². The predicted molar refractivity (Wildman–Crippen MR) is 97.3 cm³/mol. The van der Waals surface area contributed by atoms with Crippen molar-refractivity contribution in [2.75, 3.05) is 12.4 Å². The molecule has 130 valence electrons. The van der Waals surface area contributed by atoms with Crippen molar-refractivity contribution in [3.63, 3.8) is 0 Å². The molecule has 0 aliphatic heterocycles. The highest BCUT2D eigenvalue weighted by molar-refractivity contribution is 5.86. The van der Waals surface area contributed by atoms with Gasteiger partial charge in [0.1, 0.15) is 0 Å². The molecule has 0 radical (unpaired) electrons. The van der Waals surface area contributed by atoms with Gasteiger partial charge in [0.2, 0.25) is 0 Å². The van der Waals surface area contributed by atoms with Gasteiger partial charge in [-0.05, 0) is 66.8 Å². The fourth-order valence-corrected chi connectivity index (χ4v) is 4.42. The summed E-state index contributed by atoms with van der Waals surface area (Å²) < 4.78 is 10.9. The number of anilines is 1. The average molecular weight is 337 g/mol. The molecule has 0 heterocycles. The second-order valence-electron chi connectivity index (χ2n) is 7.07. The van der Waals surface area contributed by atoms with E-state index in [2.05, 4.69) is 11.4 Å². The third-order valence-electron chi connectivity index (χ3n) is 5.58. The lowest BCUT2D eigenvalue weighted by Gasteiger charge is -2.23. The molecule has 0 unspecified atom stereocenters. The lowest BCUT2D eigenvalue weighted by atomic mass is 9.83. The molecule has 2 aromatic rings. The number of hydrogen-bond acceptors (Lipinski definition) is 3. The maximum Gasteiger partial charge on any atom is 0.417 e. The molecule has 2 aromatic carbocycles. The van der Waals surface area contributed by atoms with Gasteiger partial charge in [0.15, 0.2) is 11.5 Å². The molecule has 2 aliphatic rings. The van der Waals surface area contributed by atoms with E-state index in [9.17, 15) is 4.79 Å². The molecular formula is C21H23NO3. The van der Waals surface area contributed by atoms with Gasteiger partial charge in [-0.15, -0.1) is 0 Å². The van der Waals surface area contributed by atoms with Gasteiger partial charge < -0.3 is 9.47 Å². The molecule has 3 atom stereocenters. The summed E-state index contributed by atoms with van der Waals surface area (Å²) in [4.78, 5) is 12.1. The molecule has 2 aliphatic carbocycles. The lowest BCUT2D eigenvalue weighted by Crippen LogP contribution is -2.17. The third kappa shape index (κ3) is 3.34. The number of hydrogen-bond donors (Lipinski definition) is 1. The van der Waals surface area contributed by atoms with Crippen LogP contribution in [-0.4, -0.2) is 13.2 Å². The Morgan fingerprint density at radius 2 is 1.88 bits per heavy atom. The number of para-hydroxylation sites is 1. The van der Waals surface area contributed by atoms with Gasteiger partial charge in [-0.3, -0.25) is 5.32 Å². The Kier molecular flexibility index (Phi) is 4.35. The van der Waals surface area contributed by atoms with Crippen LogP contribution in [0, 0.1) is 11.8 Å². The minimum absolute atomic E-state index is 0.447. The summed E-state index contributed by atoms with van der Waals surface area (Å²) in [6, 6.07) is 15.2. The number of ether oxygens (including phenoxy) is 2. The van der Waals surface area contributed by atoms with Crippen LogP contribution in [0.2, 0.25) is 0 Å². The number of amides is 1. The Balaban J connectivity index is 1.47. The van der Waals surface area contributed by atoms with Crippen molar-refractivity contribution in [2.45, 2.75) is 31.6 Å². The first kappa shape index (κ1) is 16.0. The Morgan fingerprint density at radius 1 is 1.04 bits per heavy atom. The van der Waals surface area contributed by atoms with Crippen LogP contribution >= 0.6 is 0 Å². The monoisotopic (exact) mass is 337 g/mol. The summed E-state index contributed by atoms with van der Waals surface area (Å²) in [5, 5.41) is 2.72. The second kappa shape index (κ2) is 6.79. The van der Waals surface area contributed by atoms with Crippen LogP contribution in [0.1, 0.15) is 37.2 Å². The minimum Gasteiger partial charge on any atom is -0.493 e. The quantitative estimate of drug-likeness (QED) is 0.833. The van der Waals surface area contributed by atoms with Gasteiger partial charge in [-0.25, -0.2) is 4.79 Å². The van der Waals surface area contributed by atoms with E-state index in [0.29, 0.717) is 23.1 Å². The smallest absolute Gasteiger partial charge is 0.417 e. The minimum atomic E-state index is -0.517. The zero-order valence-electron chi connectivity index (χ0n) is 14.4. The standard InChI is InChI=1S/C21H23NO3/c1-24-20-13-16(18-12-14-7-8-15(18)11-14)9-10-19(20)25-21(23)22-17-5-3-2-4-6-17/h2-6,9-10,13-15,18H,7-8,11-12H2,1H3,(H,22,23)/t14-,15+,18-/m0/s1. The normalized spacial score (nSPS) is 24.1. The van der Waals surface area contributed by atoms with Gasteiger partial charge in [0.05, 0.1) is 7.11 Å². The van der Waals surface area contributed by atoms with Crippen LogP contribution in [-0.2, 0) is 0 Å². The van der Waals surface area contributed by atoms with Crippen LogP contribution in [0.3, 0.4) is 0 Å². The maximum absolute atomic E-state index is 12.1. The lowest BCUT2D eigenvalue weighted by molar-refractivity contribution is 0.213. The van der Waals surface area contributed by atoms with Gasteiger partial charge in [-0.2, -0.15) is 0 Å². The summed E-state index contributed by atoms with van der Waals surface area (Å²) in [7, 11) is 1.61. The zero-order chi connectivity index (χ0) is 17.2. The van der Waals surface area contributed by atoms with Crippen LogP contribution in [0.4, 0.5) is 10.5 Å². The van der Waals surface area contributed by atoms with Gasteiger partial charge in [-0.1, -0.05) is 30.7 Å². The molecule has 0 saturated heterocycles. The van der Waals surface area contributed by atoms with Crippen LogP contribution < -0.4 is 14.8 Å². The van der Waals surface area contributed by atoms with Crippen LogP contribution in [0.15, 0.2) is 48.5 Å². The van der Waals surface area contributed by atoms with E-state index in [0.717, 1.165) is 11.8 Å². The van der Waals surface area contributed by atoms with Crippen LogP contribution in [0.5, 0.6) is 11.5 Å². The summed E-state index contributed by atoms with van der Waals surface area (Å²) in [5.41, 5.74) is 2.00. The first-order valence-corrected chi connectivity index (χ1v) is 8.94. The van der Waals surface area contributed by atoms with E-state index < -0.39 is 6.09 Å². The summed E-state index contributed by atoms with van der Waals surface area (Å²) in [5.74, 6) is 3.39. The second-order valence-corrected chi connectivity index (χ2v) is 7.07. The molecule has 4 rings (SSSR count). The van der Waals surface area contributed by atoms with E-state index in [1.165, 1.54) is 31.2 Å². The van der Waals surface area contributed by atoms with Crippen molar-refractivity contribution in [2.24, 2.45) is 11.8 Å². The number of methoxy groups -OCH3 is 1. The number of carbonyl (C=O) groups is 1. The topological polar surface area (TPSA) is 47.6 Å². The van der Waals surface area contributed by atoms with Crippen molar-refractivity contribution in [3.8, 4) is 11.5 Å². The summed E-state index contributed by atoms with van der Waals surface area (Å²) in [6.07, 6.45) is 4.86. The maximum atomic E-state index is 12.1. The first-order chi connectivity index (χ1) is 12.2. The third-order valence-corrected chi connectivity index (χ3v) is 5.58. The van der Waals surface area contributed by atoms with Crippen molar-refractivity contribution in [1.82, 2.24) is 0 Å². The van der Waals surface area contributed by atoms with Crippen molar-refractivity contribution < 1.29 is 14.3 Å². The number of nitrogens with one attached hydrogen (secondary N) is 1. The highest BCUT2D eigenvalue weighted by Gasteiger charge is 2.40. The molecule has 2 fully saturated rings. The number of carbonyl (C=O) groups excluding carboxylic acids is 1. The summed E-state index contributed by atoms with van der Waals surface area (Å²) in [6.45, 7) is 0. The van der Waals surface area contributed by atoms with E-state index in [1.807, 2.05) is 42.5 Å².